The molecule has 1 heterocycles. The number of methoxy groups -OCH3 is 1. The number of fused-ring (bicyclic) bond motifs is 1. The van der Waals surface area contributed by atoms with E-state index in [0.717, 1.165) is 22.2 Å². The van der Waals surface area contributed by atoms with Crippen LogP contribution in [0.5, 0.6) is 5.75 Å². The van der Waals surface area contributed by atoms with Gasteiger partial charge in [0.2, 0.25) is 5.91 Å². The number of carbonyl (C=O) groups excluding carboxylic acids is 1. The molecule has 0 aliphatic heterocycles. The van der Waals surface area contributed by atoms with Gasteiger partial charge < -0.3 is 15.0 Å². The third-order valence-electron chi connectivity index (χ3n) is 4.63. The molecule has 3 rings (SSSR count). The van der Waals surface area contributed by atoms with Crippen molar-refractivity contribution in [1.82, 2.24) is 10.3 Å². The fraction of sp³-hybridized carbons (Fsp3) is 0.286. The van der Waals surface area contributed by atoms with Gasteiger partial charge in [-0.25, -0.2) is 0 Å². The predicted octanol–water partition coefficient (Wildman–Crippen LogP) is 3.96. The average Bonchev–Trinajstić information content (AvgIpc) is 2.96. The highest BCUT2D eigenvalue weighted by Gasteiger charge is 2.11. The first-order chi connectivity index (χ1) is 12.0. The first-order valence-corrected chi connectivity index (χ1v) is 8.45. The number of rotatable bonds is 5. The zero-order valence-corrected chi connectivity index (χ0v) is 15.2. The Labute approximate surface area is 148 Å². The van der Waals surface area contributed by atoms with Crippen LogP contribution >= 0.6 is 0 Å². The molecule has 4 nitrogen and oxygen atoms in total. The molecule has 1 amide bonds. The highest BCUT2D eigenvalue weighted by atomic mass is 16.5. The smallest absolute Gasteiger partial charge is 0.224 e. The average molecular weight is 336 g/mol. The van der Waals surface area contributed by atoms with Crippen molar-refractivity contribution in [2.75, 3.05) is 7.11 Å². The molecule has 2 aromatic carbocycles. The van der Waals surface area contributed by atoms with Gasteiger partial charge in [-0.3, -0.25) is 4.79 Å². The van der Waals surface area contributed by atoms with Crippen LogP contribution in [0.1, 0.15) is 27.8 Å². The number of aryl methyl sites for hydroxylation is 3. The summed E-state index contributed by atoms with van der Waals surface area (Å²) in [5.41, 5.74) is 6.86. The van der Waals surface area contributed by atoms with Crippen molar-refractivity contribution in [3.8, 4) is 5.75 Å². The van der Waals surface area contributed by atoms with E-state index >= 15 is 0 Å². The lowest BCUT2D eigenvalue weighted by Gasteiger charge is -2.12. The van der Waals surface area contributed by atoms with E-state index in [0.29, 0.717) is 13.0 Å². The standard InChI is InChI=1S/C21H24N2O2/c1-13-7-14(2)19(15(3)8-13)12-23-21(24)9-16-11-22-20-6-5-17(25-4)10-18(16)20/h5-8,10-11,22H,9,12H2,1-4H3,(H,23,24). The van der Waals surface area contributed by atoms with Crippen molar-refractivity contribution >= 4 is 16.8 Å². The van der Waals surface area contributed by atoms with Crippen molar-refractivity contribution in [1.29, 1.82) is 0 Å². The molecule has 0 bridgehead atoms. The van der Waals surface area contributed by atoms with Gasteiger partial charge in [0, 0.05) is 23.6 Å². The quantitative estimate of drug-likeness (QED) is 0.741. The van der Waals surface area contributed by atoms with Crippen LogP contribution in [-0.4, -0.2) is 18.0 Å². The Morgan fingerprint density at radius 1 is 1.12 bits per heavy atom. The van der Waals surface area contributed by atoms with Gasteiger partial charge in [-0.15, -0.1) is 0 Å². The summed E-state index contributed by atoms with van der Waals surface area (Å²) in [6.45, 7) is 6.83. The molecule has 0 atom stereocenters. The number of amides is 1. The number of H-pyrrole nitrogens is 1. The van der Waals surface area contributed by atoms with Crippen molar-refractivity contribution < 1.29 is 9.53 Å². The number of benzene rings is 2. The fourth-order valence-electron chi connectivity index (χ4n) is 3.34. The molecule has 0 fully saturated rings. The van der Waals surface area contributed by atoms with Crippen LogP contribution in [0.25, 0.3) is 10.9 Å². The van der Waals surface area contributed by atoms with Crippen molar-refractivity contribution in [3.05, 3.63) is 64.3 Å². The van der Waals surface area contributed by atoms with Gasteiger partial charge in [0.1, 0.15) is 5.75 Å². The summed E-state index contributed by atoms with van der Waals surface area (Å²) >= 11 is 0. The lowest BCUT2D eigenvalue weighted by atomic mass is 10.00. The molecule has 0 saturated carbocycles. The summed E-state index contributed by atoms with van der Waals surface area (Å²) in [6, 6.07) is 10.1. The molecule has 25 heavy (non-hydrogen) atoms. The van der Waals surface area contributed by atoms with E-state index < -0.39 is 0 Å². The number of aromatic nitrogens is 1. The molecule has 2 N–H and O–H groups in total. The van der Waals surface area contributed by atoms with Crippen LogP contribution in [-0.2, 0) is 17.8 Å². The number of carbonyl (C=O) groups is 1. The highest BCUT2D eigenvalue weighted by molar-refractivity contribution is 5.89. The molecule has 1 aromatic heterocycles. The minimum absolute atomic E-state index is 0.0168. The first-order valence-electron chi connectivity index (χ1n) is 8.45. The maximum absolute atomic E-state index is 12.4. The van der Waals surface area contributed by atoms with E-state index in [1.54, 1.807) is 7.11 Å². The van der Waals surface area contributed by atoms with E-state index in [2.05, 4.69) is 43.2 Å². The molecule has 4 heteroatoms. The minimum Gasteiger partial charge on any atom is -0.497 e. The summed E-state index contributed by atoms with van der Waals surface area (Å²) in [4.78, 5) is 15.6. The molecule has 0 aliphatic rings. The molecule has 0 saturated heterocycles. The van der Waals surface area contributed by atoms with Crippen LogP contribution in [0.3, 0.4) is 0 Å². The van der Waals surface area contributed by atoms with Gasteiger partial charge in [0.05, 0.1) is 13.5 Å². The minimum atomic E-state index is 0.0168. The molecule has 0 aliphatic carbocycles. The van der Waals surface area contributed by atoms with E-state index in [4.69, 9.17) is 4.74 Å². The van der Waals surface area contributed by atoms with E-state index in [1.807, 2.05) is 24.4 Å². The second-order valence-corrected chi connectivity index (χ2v) is 6.56. The Kier molecular flexibility index (Phi) is 4.79. The fourth-order valence-corrected chi connectivity index (χ4v) is 3.34. The maximum Gasteiger partial charge on any atom is 0.224 e. The summed E-state index contributed by atoms with van der Waals surface area (Å²) in [7, 11) is 1.65. The molecular weight excluding hydrogens is 312 g/mol. The number of aromatic amines is 1. The Hall–Kier alpha value is -2.75. The van der Waals surface area contributed by atoms with Crippen molar-refractivity contribution in [2.24, 2.45) is 0 Å². The van der Waals surface area contributed by atoms with E-state index in [1.165, 1.54) is 22.3 Å². The highest BCUT2D eigenvalue weighted by Crippen LogP contribution is 2.24. The normalized spacial score (nSPS) is 10.9. The van der Waals surface area contributed by atoms with Gasteiger partial charge in [-0.05, 0) is 61.2 Å². The Balaban J connectivity index is 1.71. The molecule has 3 aromatic rings. The van der Waals surface area contributed by atoms with Gasteiger partial charge >= 0.3 is 0 Å². The van der Waals surface area contributed by atoms with Crippen LogP contribution in [0.2, 0.25) is 0 Å². The molecule has 0 unspecified atom stereocenters. The zero-order valence-electron chi connectivity index (χ0n) is 15.2. The number of hydrogen-bond donors (Lipinski definition) is 2. The lowest BCUT2D eigenvalue weighted by molar-refractivity contribution is -0.120. The van der Waals surface area contributed by atoms with Crippen molar-refractivity contribution in [3.63, 3.8) is 0 Å². The zero-order chi connectivity index (χ0) is 18.0. The Morgan fingerprint density at radius 2 is 1.84 bits per heavy atom. The molecule has 0 radical (unpaired) electrons. The van der Waals surface area contributed by atoms with Crippen molar-refractivity contribution in [2.45, 2.75) is 33.7 Å². The largest absolute Gasteiger partial charge is 0.497 e. The summed E-state index contributed by atoms with van der Waals surface area (Å²) in [5, 5.41) is 4.07. The van der Waals surface area contributed by atoms with Crippen LogP contribution < -0.4 is 10.1 Å². The Morgan fingerprint density at radius 3 is 2.52 bits per heavy atom. The maximum atomic E-state index is 12.4. The van der Waals surface area contributed by atoms with Crippen LogP contribution in [0, 0.1) is 20.8 Å². The van der Waals surface area contributed by atoms with E-state index in [9.17, 15) is 4.79 Å². The van der Waals surface area contributed by atoms with Crippen LogP contribution in [0.15, 0.2) is 36.5 Å². The monoisotopic (exact) mass is 336 g/mol. The molecular formula is C21H24N2O2. The van der Waals surface area contributed by atoms with Gasteiger partial charge in [0.15, 0.2) is 0 Å². The number of hydrogen-bond acceptors (Lipinski definition) is 2. The first kappa shape index (κ1) is 17.1. The predicted molar refractivity (Wildman–Crippen MR) is 101 cm³/mol. The molecule has 0 spiro atoms. The lowest BCUT2D eigenvalue weighted by Crippen LogP contribution is -2.25. The van der Waals surface area contributed by atoms with Gasteiger partial charge in [0.25, 0.3) is 0 Å². The summed E-state index contributed by atoms with van der Waals surface area (Å²) in [5.74, 6) is 0.808. The van der Waals surface area contributed by atoms with Gasteiger partial charge in [-0.1, -0.05) is 17.7 Å². The van der Waals surface area contributed by atoms with Gasteiger partial charge in [-0.2, -0.15) is 0 Å². The second-order valence-electron chi connectivity index (χ2n) is 6.56. The molecule has 130 valence electrons. The number of nitrogens with one attached hydrogen (secondary N) is 2. The number of ether oxygens (including phenoxy) is 1. The topological polar surface area (TPSA) is 54.1 Å². The summed E-state index contributed by atoms with van der Waals surface area (Å²) in [6.07, 6.45) is 2.24. The third kappa shape index (κ3) is 3.68. The Bertz CT molecular complexity index is 902. The van der Waals surface area contributed by atoms with E-state index in [-0.39, 0.29) is 5.91 Å². The second kappa shape index (κ2) is 7.01. The SMILES string of the molecule is COc1ccc2[nH]cc(CC(=O)NCc3c(C)cc(C)cc3C)c2c1. The van der Waals surface area contributed by atoms with Crippen LogP contribution in [0.4, 0.5) is 0 Å². The third-order valence-corrected chi connectivity index (χ3v) is 4.63. The summed E-state index contributed by atoms with van der Waals surface area (Å²) < 4.78 is 5.28.